The van der Waals surface area contributed by atoms with Crippen molar-refractivity contribution < 1.29 is 9.47 Å². The third-order valence-corrected chi connectivity index (χ3v) is 2.94. The van der Waals surface area contributed by atoms with Gasteiger partial charge in [0.15, 0.2) is 0 Å². The molecule has 2 rings (SSSR count). The molecule has 0 heterocycles. The van der Waals surface area contributed by atoms with Gasteiger partial charge in [0, 0.05) is 6.04 Å². The van der Waals surface area contributed by atoms with Crippen molar-refractivity contribution in [3.63, 3.8) is 0 Å². The summed E-state index contributed by atoms with van der Waals surface area (Å²) < 4.78 is 11.3. The fourth-order valence-corrected chi connectivity index (χ4v) is 1.80. The lowest BCUT2D eigenvalue weighted by atomic mass is 10.1. The Balaban J connectivity index is 1.98. The van der Waals surface area contributed by atoms with E-state index in [-0.39, 0.29) is 6.04 Å². The summed E-state index contributed by atoms with van der Waals surface area (Å²) in [5.41, 5.74) is 6.92. The number of rotatable bonds is 6. The third-order valence-electron chi connectivity index (χ3n) is 2.94. The lowest BCUT2D eigenvalue weighted by molar-refractivity contribution is 0.317. The molecule has 106 valence electrons. The molecule has 3 heteroatoms. The topological polar surface area (TPSA) is 44.5 Å². The number of ether oxygens (including phenoxy) is 2. The summed E-state index contributed by atoms with van der Waals surface area (Å²) in [6.45, 7) is 4.78. The monoisotopic (exact) mass is 271 g/mol. The van der Waals surface area contributed by atoms with Crippen LogP contribution in [0.5, 0.6) is 17.2 Å². The van der Waals surface area contributed by atoms with E-state index >= 15 is 0 Å². The fourth-order valence-electron chi connectivity index (χ4n) is 1.80. The van der Waals surface area contributed by atoms with E-state index in [1.807, 2.05) is 55.5 Å². The second-order valence-corrected chi connectivity index (χ2v) is 4.78. The molecule has 0 aliphatic heterocycles. The van der Waals surface area contributed by atoms with Crippen LogP contribution in [0.2, 0.25) is 0 Å². The van der Waals surface area contributed by atoms with Crippen molar-refractivity contribution in [3.05, 3.63) is 54.1 Å². The molecule has 0 amide bonds. The van der Waals surface area contributed by atoms with Crippen LogP contribution in [0.15, 0.2) is 48.5 Å². The van der Waals surface area contributed by atoms with Crippen LogP contribution in [0, 0.1) is 0 Å². The van der Waals surface area contributed by atoms with E-state index in [9.17, 15) is 0 Å². The lowest BCUT2D eigenvalue weighted by Crippen LogP contribution is -2.04. The Morgan fingerprint density at radius 3 is 1.90 bits per heavy atom. The van der Waals surface area contributed by atoms with Crippen LogP contribution < -0.4 is 15.2 Å². The van der Waals surface area contributed by atoms with Crippen molar-refractivity contribution in [3.8, 4) is 17.2 Å². The standard InChI is InChI=1S/C17H21NO2/c1-3-12-19-15-8-10-17(11-9-15)20-16-6-4-14(5-7-16)13(2)18/h4-11,13H,3,12,18H2,1-2H3/t13-/m0/s1. The van der Waals surface area contributed by atoms with Gasteiger partial charge >= 0.3 is 0 Å². The van der Waals surface area contributed by atoms with Gasteiger partial charge in [0.05, 0.1) is 6.61 Å². The van der Waals surface area contributed by atoms with Crippen LogP contribution in [0.4, 0.5) is 0 Å². The molecule has 2 aromatic rings. The Morgan fingerprint density at radius 2 is 1.40 bits per heavy atom. The van der Waals surface area contributed by atoms with Gasteiger partial charge in [0.2, 0.25) is 0 Å². The molecule has 0 unspecified atom stereocenters. The zero-order valence-electron chi connectivity index (χ0n) is 12.0. The first kappa shape index (κ1) is 14.4. The first-order valence-corrected chi connectivity index (χ1v) is 6.95. The molecule has 0 aliphatic carbocycles. The summed E-state index contributed by atoms with van der Waals surface area (Å²) in [5, 5.41) is 0. The van der Waals surface area contributed by atoms with Crippen molar-refractivity contribution in [1.29, 1.82) is 0 Å². The summed E-state index contributed by atoms with van der Waals surface area (Å²) in [5.74, 6) is 2.46. The average molecular weight is 271 g/mol. The Morgan fingerprint density at radius 1 is 0.900 bits per heavy atom. The van der Waals surface area contributed by atoms with Gasteiger partial charge in [-0.15, -0.1) is 0 Å². The molecule has 0 saturated carbocycles. The van der Waals surface area contributed by atoms with E-state index in [1.54, 1.807) is 0 Å². The minimum absolute atomic E-state index is 0.0408. The van der Waals surface area contributed by atoms with Gasteiger partial charge in [-0.3, -0.25) is 0 Å². The number of benzene rings is 2. The molecule has 1 atom stereocenters. The summed E-state index contributed by atoms with van der Waals surface area (Å²) in [4.78, 5) is 0. The van der Waals surface area contributed by atoms with Crippen molar-refractivity contribution in [1.82, 2.24) is 0 Å². The van der Waals surface area contributed by atoms with Crippen molar-refractivity contribution >= 4 is 0 Å². The molecule has 0 aliphatic rings. The van der Waals surface area contributed by atoms with Gasteiger partial charge in [-0.25, -0.2) is 0 Å². The summed E-state index contributed by atoms with van der Waals surface area (Å²) in [6, 6.07) is 15.5. The molecule has 0 radical (unpaired) electrons. The molecule has 2 aromatic carbocycles. The maximum absolute atomic E-state index is 5.82. The van der Waals surface area contributed by atoms with Crippen LogP contribution in [-0.2, 0) is 0 Å². The van der Waals surface area contributed by atoms with E-state index in [4.69, 9.17) is 15.2 Å². The Labute approximate surface area is 120 Å². The van der Waals surface area contributed by atoms with Crippen molar-refractivity contribution in [2.24, 2.45) is 5.73 Å². The van der Waals surface area contributed by atoms with Gasteiger partial charge in [-0.1, -0.05) is 19.1 Å². The number of nitrogens with two attached hydrogens (primary N) is 1. The van der Waals surface area contributed by atoms with Gasteiger partial charge in [-0.05, 0) is 55.3 Å². The van der Waals surface area contributed by atoms with E-state index in [2.05, 4.69) is 6.92 Å². The van der Waals surface area contributed by atoms with Crippen LogP contribution in [0.1, 0.15) is 31.9 Å². The zero-order valence-corrected chi connectivity index (χ0v) is 12.0. The smallest absolute Gasteiger partial charge is 0.127 e. The highest BCUT2D eigenvalue weighted by atomic mass is 16.5. The van der Waals surface area contributed by atoms with E-state index in [0.29, 0.717) is 0 Å². The molecule has 20 heavy (non-hydrogen) atoms. The summed E-state index contributed by atoms with van der Waals surface area (Å²) >= 11 is 0. The Bertz CT molecular complexity index is 518. The van der Waals surface area contributed by atoms with Crippen LogP contribution in [0.25, 0.3) is 0 Å². The normalized spacial score (nSPS) is 11.9. The Hall–Kier alpha value is -2.00. The third kappa shape index (κ3) is 4.00. The van der Waals surface area contributed by atoms with Gasteiger partial charge in [0.25, 0.3) is 0 Å². The summed E-state index contributed by atoms with van der Waals surface area (Å²) in [7, 11) is 0. The number of hydrogen-bond donors (Lipinski definition) is 1. The molecule has 0 fully saturated rings. The highest BCUT2D eigenvalue weighted by Gasteiger charge is 2.01. The molecule has 0 aromatic heterocycles. The second kappa shape index (κ2) is 6.96. The van der Waals surface area contributed by atoms with Crippen LogP contribution in [0.3, 0.4) is 0 Å². The first-order chi connectivity index (χ1) is 9.69. The molecule has 3 nitrogen and oxygen atoms in total. The van der Waals surface area contributed by atoms with E-state index in [0.717, 1.165) is 35.8 Å². The molecular formula is C17H21NO2. The maximum atomic E-state index is 5.82. The van der Waals surface area contributed by atoms with Crippen molar-refractivity contribution in [2.45, 2.75) is 26.3 Å². The van der Waals surface area contributed by atoms with Gasteiger partial charge in [-0.2, -0.15) is 0 Å². The second-order valence-electron chi connectivity index (χ2n) is 4.78. The first-order valence-electron chi connectivity index (χ1n) is 6.95. The molecule has 0 bridgehead atoms. The highest BCUT2D eigenvalue weighted by Crippen LogP contribution is 2.25. The molecule has 0 saturated heterocycles. The maximum Gasteiger partial charge on any atom is 0.127 e. The summed E-state index contributed by atoms with van der Waals surface area (Å²) in [6.07, 6.45) is 1.00. The quantitative estimate of drug-likeness (QED) is 0.852. The van der Waals surface area contributed by atoms with Gasteiger partial charge in [0.1, 0.15) is 17.2 Å². The molecule has 0 spiro atoms. The SMILES string of the molecule is CCCOc1ccc(Oc2ccc([C@H](C)N)cc2)cc1. The van der Waals surface area contributed by atoms with Gasteiger partial charge < -0.3 is 15.2 Å². The highest BCUT2D eigenvalue weighted by molar-refractivity contribution is 5.36. The zero-order chi connectivity index (χ0) is 14.4. The van der Waals surface area contributed by atoms with E-state index in [1.165, 1.54) is 0 Å². The molecule has 2 N–H and O–H groups in total. The van der Waals surface area contributed by atoms with E-state index < -0.39 is 0 Å². The average Bonchev–Trinajstić information content (AvgIpc) is 2.47. The largest absolute Gasteiger partial charge is 0.494 e. The minimum atomic E-state index is 0.0408. The predicted molar refractivity (Wildman–Crippen MR) is 81.3 cm³/mol. The van der Waals surface area contributed by atoms with Crippen LogP contribution in [-0.4, -0.2) is 6.61 Å². The lowest BCUT2D eigenvalue weighted by Gasteiger charge is -2.09. The predicted octanol–water partition coefficient (Wildman–Crippen LogP) is 4.29. The molecular weight excluding hydrogens is 250 g/mol. The fraction of sp³-hybridized carbons (Fsp3) is 0.294. The van der Waals surface area contributed by atoms with Crippen molar-refractivity contribution in [2.75, 3.05) is 6.61 Å². The Kier molecular flexibility index (Phi) is 5.02. The minimum Gasteiger partial charge on any atom is -0.494 e. The van der Waals surface area contributed by atoms with Crippen LogP contribution >= 0.6 is 0 Å². The number of hydrogen-bond acceptors (Lipinski definition) is 3.